The van der Waals surface area contributed by atoms with E-state index in [1.54, 1.807) is 25.3 Å². The number of rotatable bonds is 5. The van der Waals surface area contributed by atoms with Crippen molar-refractivity contribution < 1.29 is 13.2 Å². The van der Waals surface area contributed by atoms with Crippen LogP contribution in [0.2, 0.25) is 0 Å². The van der Waals surface area contributed by atoms with Crippen LogP contribution in [-0.4, -0.2) is 25.1 Å². The van der Waals surface area contributed by atoms with E-state index < -0.39 is 9.84 Å². The smallest absolute Gasteiger partial charge is 0.217 e. The quantitative estimate of drug-likeness (QED) is 0.752. The molecule has 0 saturated carbocycles. The van der Waals surface area contributed by atoms with E-state index in [9.17, 15) is 8.42 Å². The predicted octanol–water partition coefficient (Wildman–Crippen LogP) is 2.45. The zero-order valence-corrected chi connectivity index (χ0v) is 14.9. The molecule has 0 saturated heterocycles. The fourth-order valence-corrected chi connectivity index (χ4v) is 4.86. The molecule has 0 radical (unpaired) electrons. The number of aromatic nitrogens is 2. The molecular formula is C16H17N3O3S2. The van der Waals surface area contributed by atoms with E-state index in [1.807, 2.05) is 30.1 Å². The van der Waals surface area contributed by atoms with E-state index in [1.165, 1.54) is 6.20 Å². The van der Waals surface area contributed by atoms with Gasteiger partial charge in [0.25, 0.3) is 0 Å². The lowest BCUT2D eigenvalue weighted by Crippen LogP contribution is -2.01. The van der Waals surface area contributed by atoms with Gasteiger partial charge in [-0.1, -0.05) is 0 Å². The number of hydrogen-bond donors (Lipinski definition) is 1. The highest BCUT2D eigenvalue weighted by Gasteiger charge is 2.22. The van der Waals surface area contributed by atoms with Crippen LogP contribution < -0.4 is 10.5 Å². The summed E-state index contributed by atoms with van der Waals surface area (Å²) in [6.07, 6.45) is 5.16. The van der Waals surface area contributed by atoms with E-state index in [2.05, 4.69) is 4.98 Å². The molecule has 6 nitrogen and oxygen atoms in total. The minimum absolute atomic E-state index is 0.187. The third-order valence-electron chi connectivity index (χ3n) is 3.60. The molecule has 0 spiro atoms. The van der Waals surface area contributed by atoms with Gasteiger partial charge < -0.3 is 15.0 Å². The second kappa shape index (κ2) is 6.39. The maximum absolute atomic E-state index is 12.8. The van der Waals surface area contributed by atoms with Gasteiger partial charge in [-0.25, -0.2) is 13.4 Å². The number of nitrogens with two attached hydrogens (primary N) is 1. The number of methoxy groups -OCH3 is 1. The minimum Gasteiger partial charge on any atom is -0.496 e. The highest BCUT2D eigenvalue weighted by atomic mass is 32.2. The van der Waals surface area contributed by atoms with Crippen molar-refractivity contribution in [3.05, 3.63) is 47.9 Å². The first-order valence-corrected chi connectivity index (χ1v) is 9.46. The first-order valence-electron chi connectivity index (χ1n) is 7.16. The van der Waals surface area contributed by atoms with Crippen LogP contribution in [0.3, 0.4) is 0 Å². The molecule has 0 amide bonds. The molecule has 0 aliphatic rings. The summed E-state index contributed by atoms with van der Waals surface area (Å²) in [5.41, 5.74) is 7.13. The third kappa shape index (κ3) is 2.95. The fraction of sp³-hybridized carbons (Fsp3) is 0.188. The molecule has 2 N–H and O–H groups in total. The van der Waals surface area contributed by atoms with Crippen LogP contribution >= 0.6 is 11.3 Å². The lowest BCUT2D eigenvalue weighted by molar-refractivity contribution is 0.416. The normalized spacial score (nSPS) is 11.6. The van der Waals surface area contributed by atoms with Gasteiger partial charge in [0, 0.05) is 37.1 Å². The fourth-order valence-electron chi connectivity index (χ4n) is 2.37. The summed E-state index contributed by atoms with van der Waals surface area (Å²) < 4.78 is 33.1. The largest absolute Gasteiger partial charge is 0.496 e. The Hall–Kier alpha value is -2.16. The Kier molecular flexibility index (Phi) is 4.44. The molecule has 0 unspecified atom stereocenters. The van der Waals surface area contributed by atoms with Crippen LogP contribution in [0.1, 0.15) is 5.01 Å². The van der Waals surface area contributed by atoms with Gasteiger partial charge in [0.2, 0.25) is 9.84 Å². The first kappa shape index (κ1) is 16.7. The molecular weight excluding hydrogens is 346 g/mol. The molecule has 2 aromatic heterocycles. The van der Waals surface area contributed by atoms with E-state index in [0.29, 0.717) is 10.8 Å². The van der Waals surface area contributed by atoms with Crippen molar-refractivity contribution in [2.45, 2.75) is 15.6 Å². The van der Waals surface area contributed by atoms with Gasteiger partial charge >= 0.3 is 0 Å². The van der Waals surface area contributed by atoms with Gasteiger partial charge in [-0.15, -0.1) is 11.3 Å². The molecule has 126 valence electrons. The summed E-state index contributed by atoms with van der Waals surface area (Å²) in [6.45, 7) is 0.220. The number of benzene rings is 1. The van der Waals surface area contributed by atoms with E-state index in [-0.39, 0.29) is 15.6 Å². The number of thiazole rings is 1. The van der Waals surface area contributed by atoms with Crippen molar-refractivity contribution in [1.29, 1.82) is 0 Å². The number of hydrogen-bond acceptors (Lipinski definition) is 6. The monoisotopic (exact) mass is 363 g/mol. The van der Waals surface area contributed by atoms with Crippen LogP contribution in [0, 0.1) is 0 Å². The Morgan fingerprint density at radius 1 is 1.33 bits per heavy atom. The van der Waals surface area contributed by atoms with Gasteiger partial charge in [0.05, 0.1) is 18.2 Å². The molecule has 3 aromatic rings. The summed E-state index contributed by atoms with van der Waals surface area (Å²) in [7, 11) is -0.172. The van der Waals surface area contributed by atoms with Gasteiger partial charge in [-0.05, 0) is 24.3 Å². The zero-order chi connectivity index (χ0) is 17.3. The Balaban J connectivity index is 2.11. The second-order valence-corrected chi connectivity index (χ2v) is 8.50. The molecule has 0 bridgehead atoms. The molecule has 24 heavy (non-hydrogen) atoms. The molecule has 0 atom stereocenters. The summed E-state index contributed by atoms with van der Waals surface area (Å²) in [5, 5.41) is 0.588. The number of ether oxygens (including phenoxy) is 1. The van der Waals surface area contributed by atoms with E-state index in [4.69, 9.17) is 10.5 Å². The van der Waals surface area contributed by atoms with Crippen molar-refractivity contribution in [1.82, 2.24) is 9.55 Å². The van der Waals surface area contributed by atoms with Crippen LogP contribution in [0.15, 0.2) is 52.0 Å². The van der Waals surface area contributed by atoms with Crippen LogP contribution in [0.25, 0.3) is 11.1 Å². The van der Waals surface area contributed by atoms with Gasteiger partial charge in [-0.3, -0.25) is 0 Å². The van der Waals surface area contributed by atoms with E-state index >= 15 is 0 Å². The maximum Gasteiger partial charge on any atom is 0.217 e. The molecule has 0 fully saturated rings. The maximum atomic E-state index is 12.8. The molecule has 1 aromatic carbocycles. The molecule has 8 heteroatoms. The first-order chi connectivity index (χ1) is 11.5. The van der Waals surface area contributed by atoms with Crippen LogP contribution in [0.5, 0.6) is 5.75 Å². The lowest BCUT2D eigenvalue weighted by atomic mass is 10.1. The summed E-state index contributed by atoms with van der Waals surface area (Å²) in [5.74, 6) is 0.618. The van der Waals surface area contributed by atoms with Crippen molar-refractivity contribution in [2.75, 3.05) is 7.11 Å². The van der Waals surface area contributed by atoms with Gasteiger partial charge in [0.15, 0.2) is 0 Å². The Bertz CT molecular complexity index is 974. The highest BCUT2D eigenvalue weighted by Crippen LogP contribution is 2.35. The van der Waals surface area contributed by atoms with Crippen LogP contribution in [-0.2, 0) is 23.4 Å². The predicted molar refractivity (Wildman–Crippen MR) is 92.9 cm³/mol. The summed E-state index contributed by atoms with van der Waals surface area (Å²) in [4.78, 5) is 4.23. The van der Waals surface area contributed by atoms with Crippen molar-refractivity contribution >= 4 is 21.2 Å². The molecule has 0 aliphatic carbocycles. The number of aryl methyl sites for hydroxylation is 1. The van der Waals surface area contributed by atoms with Crippen molar-refractivity contribution in [2.24, 2.45) is 12.8 Å². The van der Waals surface area contributed by atoms with Crippen molar-refractivity contribution in [3.8, 4) is 16.9 Å². The van der Waals surface area contributed by atoms with Gasteiger partial charge in [-0.2, -0.15) is 0 Å². The SMILES string of the molecule is COc1ccc(S(=O)(=O)c2cnc(CN)s2)cc1-c1ccn(C)c1. The van der Waals surface area contributed by atoms with Crippen LogP contribution in [0.4, 0.5) is 0 Å². The highest BCUT2D eigenvalue weighted by molar-refractivity contribution is 7.93. The Morgan fingerprint density at radius 3 is 2.71 bits per heavy atom. The molecule has 2 heterocycles. The molecule has 3 rings (SSSR count). The standard InChI is InChI=1S/C16H17N3O3S2/c1-19-6-5-11(10-19)13-7-12(3-4-14(13)22-2)24(20,21)16-9-18-15(8-17)23-16/h3-7,9-10H,8,17H2,1-2H3. The topological polar surface area (TPSA) is 87.2 Å². The minimum atomic E-state index is -3.64. The number of nitrogens with zero attached hydrogens (tertiary/aromatic N) is 2. The number of sulfone groups is 1. The zero-order valence-electron chi connectivity index (χ0n) is 13.3. The van der Waals surface area contributed by atoms with E-state index in [0.717, 1.165) is 22.5 Å². The average Bonchev–Trinajstić information content (AvgIpc) is 3.23. The lowest BCUT2D eigenvalue weighted by Gasteiger charge is -2.10. The van der Waals surface area contributed by atoms with Crippen molar-refractivity contribution in [3.63, 3.8) is 0 Å². The van der Waals surface area contributed by atoms with Gasteiger partial charge in [0.1, 0.15) is 15.0 Å². The average molecular weight is 363 g/mol. The molecule has 0 aliphatic heterocycles. The Labute approximate surface area is 144 Å². The second-order valence-electron chi connectivity index (χ2n) is 5.21. The third-order valence-corrected chi connectivity index (χ3v) is 6.83. The summed E-state index contributed by atoms with van der Waals surface area (Å²) >= 11 is 1.09. The Morgan fingerprint density at radius 2 is 2.12 bits per heavy atom. The summed E-state index contributed by atoms with van der Waals surface area (Å²) in [6, 6.07) is 6.75.